The van der Waals surface area contributed by atoms with Crippen LogP contribution in [0.2, 0.25) is 0 Å². The molecule has 0 N–H and O–H groups in total. The quantitative estimate of drug-likeness (QED) is 0.736. The molecule has 0 aromatic heterocycles. The first-order chi connectivity index (χ1) is 12.9. The summed E-state index contributed by atoms with van der Waals surface area (Å²) in [7, 11) is 0.983. The van der Waals surface area contributed by atoms with Crippen LogP contribution >= 0.6 is 0 Å². The molecule has 5 nitrogen and oxygen atoms in total. The average molecular weight is 395 g/mol. The van der Waals surface area contributed by atoms with Crippen molar-refractivity contribution >= 4 is 18.5 Å². The summed E-state index contributed by atoms with van der Waals surface area (Å²) in [6.07, 6.45) is 0.169. The Morgan fingerprint density at radius 1 is 1.21 bits per heavy atom. The van der Waals surface area contributed by atoms with Crippen LogP contribution in [-0.4, -0.2) is 55.2 Å². The maximum Gasteiger partial charge on any atom is 0.494 e. The zero-order valence-electron chi connectivity index (χ0n) is 17.2. The first kappa shape index (κ1) is 21.1. The maximum atomic E-state index is 13.6. The van der Waals surface area contributed by atoms with Crippen molar-refractivity contribution < 1.29 is 27.6 Å². The molecule has 2 saturated heterocycles. The fourth-order valence-corrected chi connectivity index (χ4v) is 3.49. The number of methoxy groups -OCH3 is 1. The van der Waals surface area contributed by atoms with Crippen molar-refractivity contribution in [3.05, 3.63) is 23.8 Å². The average Bonchev–Trinajstić information content (AvgIpc) is 2.82. The molecule has 1 amide bonds. The van der Waals surface area contributed by atoms with Crippen molar-refractivity contribution in [1.29, 1.82) is 0 Å². The van der Waals surface area contributed by atoms with Crippen LogP contribution in [0.15, 0.2) is 18.2 Å². The highest BCUT2D eigenvalue weighted by atomic mass is 19.3. The summed E-state index contributed by atoms with van der Waals surface area (Å²) in [4.78, 5) is 13.8. The fraction of sp³-hybridized carbons (Fsp3) is 0.650. The Hall–Kier alpha value is -1.67. The van der Waals surface area contributed by atoms with Gasteiger partial charge >= 0.3 is 7.12 Å². The predicted molar refractivity (Wildman–Crippen MR) is 103 cm³/mol. The molecule has 28 heavy (non-hydrogen) atoms. The molecule has 3 rings (SSSR count). The van der Waals surface area contributed by atoms with Crippen LogP contribution in [0.3, 0.4) is 0 Å². The Balaban J connectivity index is 1.74. The lowest BCUT2D eigenvalue weighted by Gasteiger charge is -2.32. The third kappa shape index (κ3) is 4.18. The van der Waals surface area contributed by atoms with Gasteiger partial charge in [-0.2, -0.15) is 0 Å². The number of hydrogen-bond donors (Lipinski definition) is 0. The molecule has 2 fully saturated rings. The van der Waals surface area contributed by atoms with Gasteiger partial charge in [-0.15, -0.1) is 0 Å². The number of amides is 1. The summed E-state index contributed by atoms with van der Waals surface area (Å²) in [5.74, 6) is -2.61. The van der Waals surface area contributed by atoms with Gasteiger partial charge in [-0.05, 0) is 45.6 Å². The molecule has 1 aromatic carbocycles. The summed E-state index contributed by atoms with van der Waals surface area (Å²) in [6.45, 7) is 7.76. The van der Waals surface area contributed by atoms with Crippen LogP contribution in [0.1, 0.15) is 46.1 Å². The number of likely N-dealkylation sites (tertiary alicyclic amines) is 1. The van der Waals surface area contributed by atoms with Crippen molar-refractivity contribution in [3.8, 4) is 5.75 Å². The standard InChI is InChI=1S/C20H28BF2NO4/c1-18(2)19(3,4)28-21(27-18)15-8-7-14(16(12-15)26-5)11-17(25)24-10-6-9-20(22,23)13-24/h7-8,12H,6,9-11,13H2,1-5H3. The van der Waals surface area contributed by atoms with E-state index >= 15 is 0 Å². The summed E-state index contributed by atoms with van der Waals surface area (Å²) < 4.78 is 44.8. The second-order valence-corrected chi connectivity index (χ2v) is 8.61. The molecule has 0 bridgehead atoms. The zero-order chi connectivity index (χ0) is 20.7. The molecule has 0 atom stereocenters. The van der Waals surface area contributed by atoms with Gasteiger partial charge in [-0.3, -0.25) is 4.79 Å². The molecule has 2 aliphatic heterocycles. The van der Waals surface area contributed by atoms with E-state index in [4.69, 9.17) is 14.0 Å². The maximum absolute atomic E-state index is 13.6. The smallest absolute Gasteiger partial charge is 0.494 e. The highest BCUT2D eigenvalue weighted by Crippen LogP contribution is 2.37. The summed E-state index contributed by atoms with van der Waals surface area (Å²) in [5, 5.41) is 0. The van der Waals surface area contributed by atoms with Gasteiger partial charge in [-0.25, -0.2) is 8.78 Å². The number of carbonyl (C=O) groups excluding carboxylic acids is 1. The van der Waals surface area contributed by atoms with Crippen molar-refractivity contribution in [2.24, 2.45) is 0 Å². The lowest BCUT2D eigenvalue weighted by molar-refractivity contribution is -0.140. The van der Waals surface area contributed by atoms with Gasteiger partial charge in [0.05, 0.1) is 31.3 Å². The van der Waals surface area contributed by atoms with E-state index in [-0.39, 0.29) is 18.7 Å². The monoisotopic (exact) mass is 395 g/mol. The van der Waals surface area contributed by atoms with Crippen LogP contribution in [0.25, 0.3) is 0 Å². The number of nitrogens with zero attached hydrogens (tertiary/aromatic N) is 1. The highest BCUT2D eigenvalue weighted by Gasteiger charge is 2.51. The minimum Gasteiger partial charge on any atom is -0.496 e. The van der Waals surface area contributed by atoms with Gasteiger partial charge in [0, 0.05) is 18.5 Å². The molecule has 2 heterocycles. The Bertz CT molecular complexity index is 738. The van der Waals surface area contributed by atoms with E-state index in [1.807, 2.05) is 33.8 Å². The van der Waals surface area contributed by atoms with E-state index in [9.17, 15) is 13.6 Å². The topological polar surface area (TPSA) is 48.0 Å². The summed E-state index contributed by atoms with van der Waals surface area (Å²) in [5.41, 5.74) is 0.524. The van der Waals surface area contributed by atoms with Gasteiger partial charge in [0.2, 0.25) is 5.91 Å². The van der Waals surface area contributed by atoms with Crippen LogP contribution in [0.5, 0.6) is 5.75 Å². The fourth-order valence-electron chi connectivity index (χ4n) is 3.49. The lowest BCUT2D eigenvalue weighted by atomic mass is 9.78. The molecule has 0 radical (unpaired) electrons. The first-order valence-electron chi connectivity index (χ1n) is 9.62. The van der Waals surface area contributed by atoms with Gasteiger partial charge < -0.3 is 18.9 Å². The van der Waals surface area contributed by atoms with Crippen LogP contribution < -0.4 is 10.2 Å². The van der Waals surface area contributed by atoms with E-state index in [0.717, 1.165) is 5.46 Å². The second kappa shape index (κ2) is 7.30. The minimum absolute atomic E-state index is 0.0168. The first-order valence-corrected chi connectivity index (χ1v) is 9.62. The molecule has 1 aromatic rings. The number of carbonyl (C=O) groups is 1. The van der Waals surface area contributed by atoms with Gasteiger partial charge in [-0.1, -0.05) is 12.1 Å². The Morgan fingerprint density at radius 3 is 2.43 bits per heavy atom. The third-order valence-corrected chi connectivity index (χ3v) is 5.92. The molecular formula is C20H28BF2NO4. The molecule has 2 aliphatic rings. The van der Waals surface area contributed by atoms with E-state index in [0.29, 0.717) is 24.3 Å². The van der Waals surface area contributed by atoms with Crippen molar-refractivity contribution in [2.45, 2.75) is 64.1 Å². The molecule has 0 saturated carbocycles. The Kier molecular flexibility index (Phi) is 5.49. The van der Waals surface area contributed by atoms with Crippen LogP contribution in [0, 0.1) is 0 Å². The van der Waals surface area contributed by atoms with Crippen LogP contribution in [-0.2, 0) is 20.5 Å². The summed E-state index contributed by atoms with van der Waals surface area (Å²) in [6, 6.07) is 5.40. The van der Waals surface area contributed by atoms with Crippen molar-refractivity contribution in [2.75, 3.05) is 20.2 Å². The van der Waals surface area contributed by atoms with E-state index in [2.05, 4.69) is 0 Å². The van der Waals surface area contributed by atoms with Gasteiger partial charge in [0.15, 0.2) is 0 Å². The minimum atomic E-state index is -2.81. The number of rotatable bonds is 4. The van der Waals surface area contributed by atoms with Gasteiger partial charge in [0.25, 0.3) is 5.92 Å². The molecule has 8 heteroatoms. The van der Waals surface area contributed by atoms with Crippen LogP contribution in [0.4, 0.5) is 8.78 Å². The SMILES string of the molecule is COc1cc(B2OC(C)(C)C(C)(C)O2)ccc1CC(=O)N1CCCC(F)(F)C1. The molecule has 0 unspecified atom stereocenters. The lowest BCUT2D eigenvalue weighted by Crippen LogP contribution is -2.46. The second-order valence-electron chi connectivity index (χ2n) is 8.61. The number of piperidine rings is 1. The molecule has 0 spiro atoms. The zero-order valence-corrected chi connectivity index (χ0v) is 17.2. The largest absolute Gasteiger partial charge is 0.496 e. The van der Waals surface area contributed by atoms with Crippen molar-refractivity contribution in [3.63, 3.8) is 0 Å². The van der Waals surface area contributed by atoms with E-state index in [1.54, 1.807) is 12.1 Å². The number of benzene rings is 1. The molecular weight excluding hydrogens is 367 g/mol. The Morgan fingerprint density at radius 2 is 1.86 bits per heavy atom. The normalized spacial score (nSPS) is 23.0. The van der Waals surface area contributed by atoms with Gasteiger partial charge in [0.1, 0.15) is 5.75 Å². The Labute approximate surface area is 165 Å². The predicted octanol–water partition coefficient (Wildman–Crippen LogP) is 2.79. The summed E-state index contributed by atoms with van der Waals surface area (Å²) >= 11 is 0. The van der Waals surface area contributed by atoms with Crippen molar-refractivity contribution in [1.82, 2.24) is 4.90 Å². The van der Waals surface area contributed by atoms with E-state index in [1.165, 1.54) is 12.0 Å². The highest BCUT2D eigenvalue weighted by molar-refractivity contribution is 6.62. The third-order valence-electron chi connectivity index (χ3n) is 5.92. The number of alkyl halides is 2. The molecule has 0 aliphatic carbocycles. The molecule has 154 valence electrons. The number of ether oxygens (including phenoxy) is 1. The number of hydrogen-bond acceptors (Lipinski definition) is 4. The number of halogens is 2. The van der Waals surface area contributed by atoms with E-state index < -0.39 is 30.8 Å².